The number of aliphatic hydroxyl groups excluding tert-OH is 1. The molecule has 1 unspecified atom stereocenters. The Morgan fingerprint density at radius 1 is 1.18 bits per heavy atom. The molecular formula is C16H14ClNO2S2. The third-order valence-electron chi connectivity index (χ3n) is 2.93. The normalized spacial score (nSPS) is 12.5. The summed E-state index contributed by atoms with van der Waals surface area (Å²) in [5.74, 6) is 1.25. The van der Waals surface area contributed by atoms with Gasteiger partial charge in [-0.3, -0.25) is 0 Å². The molecule has 0 bridgehead atoms. The summed E-state index contributed by atoms with van der Waals surface area (Å²) < 4.78 is 7.66. The Labute approximate surface area is 141 Å². The van der Waals surface area contributed by atoms with Gasteiger partial charge in [-0.15, -0.1) is 11.3 Å². The van der Waals surface area contributed by atoms with Gasteiger partial charge in [0.2, 0.25) is 0 Å². The number of nitrogens with zero attached hydrogens (tertiary/aromatic N) is 1. The number of hydrogen-bond acceptors (Lipinski definition) is 5. The molecule has 1 N–H and O–H groups in total. The van der Waals surface area contributed by atoms with Gasteiger partial charge in [0.15, 0.2) is 4.34 Å². The van der Waals surface area contributed by atoms with Crippen LogP contribution in [0.4, 0.5) is 0 Å². The molecule has 1 heterocycles. The number of aliphatic hydroxyl groups is 1. The summed E-state index contributed by atoms with van der Waals surface area (Å²) >= 11 is 9.00. The zero-order valence-corrected chi connectivity index (χ0v) is 14.0. The largest absolute Gasteiger partial charge is 0.491 e. The van der Waals surface area contributed by atoms with Gasteiger partial charge in [-0.25, -0.2) is 4.98 Å². The summed E-state index contributed by atoms with van der Waals surface area (Å²) in [6, 6.07) is 15.1. The summed E-state index contributed by atoms with van der Waals surface area (Å²) in [5.41, 5.74) is 1.00. The van der Waals surface area contributed by atoms with Gasteiger partial charge in [0, 0.05) is 10.8 Å². The van der Waals surface area contributed by atoms with E-state index in [9.17, 15) is 5.11 Å². The summed E-state index contributed by atoms with van der Waals surface area (Å²) in [7, 11) is 0. The Balaban J connectivity index is 1.49. The van der Waals surface area contributed by atoms with Crippen molar-refractivity contribution in [3.8, 4) is 5.75 Å². The minimum Gasteiger partial charge on any atom is -0.491 e. The number of hydrogen-bond donors (Lipinski definition) is 1. The van der Waals surface area contributed by atoms with E-state index in [2.05, 4.69) is 11.1 Å². The van der Waals surface area contributed by atoms with Crippen molar-refractivity contribution in [2.45, 2.75) is 10.4 Å². The number of ether oxygens (including phenoxy) is 1. The SMILES string of the molecule is OC(COc1ccc(Cl)cc1)CSc1nc2ccccc2s1. The van der Waals surface area contributed by atoms with Crippen LogP contribution in [0.15, 0.2) is 52.9 Å². The van der Waals surface area contributed by atoms with Crippen molar-refractivity contribution in [1.82, 2.24) is 4.98 Å². The third kappa shape index (κ3) is 4.14. The van der Waals surface area contributed by atoms with E-state index in [1.54, 1.807) is 47.4 Å². The zero-order valence-electron chi connectivity index (χ0n) is 11.6. The molecule has 1 atom stereocenters. The lowest BCUT2D eigenvalue weighted by molar-refractivity contribution is 0.126. The number of para-hydroxylation sites is 1. The number of thiazole rings is 1. The van der Waals surface area contributed by atoms with Crippen LogP contribution < -0.4 is 4.74 Å². The van der Waals surface area contributed by atoms with E-state index < -0.39 is 6.10 Å². The van der Waals surface area contributed by atoms with Gasteiger partial charge in [-0.1, -0.05) is 35.5 Å². The summed E-state index contributed by atoms with van der Waals surface area (Å²) in [6.45, 7) is 0.250. The zero-order chi connectivity index (χ0) is 15.4. The molecule has 0 aliphatic heterocycles. The van der Waals surface area contributed by atoms with Crippen molar-refractivity contribution in [2.75, 3.05) is 12.4 Å². The van der Waals surface area contributed by atoms with Crippen LogP contribution in [0.1, 0.15) is 0 Å². The van der Waals surface area contributed by atoms with Gasteiger partial charge in [-0.2, -0.15) is 0 Å². The van der Waals surface area contributed by atoms with Crippen LogP contribution in [0.3, 0.4) is 0 Å². The lowest BCUT2D eigenvalue weighted by atomic mass is 10.3. The van der Waals surface area contributed by atoms with E-state index in [1.165, 1.54) is 0 Å². The standard InChI is InChI=1S/C16H14ClNO2S2/c17-11-5-7-13(8-6-11)20-9-12(19)10-21-16-18-14-3-1-2-4-15(14)22-16/h1-8,12,19H,9-10H2. The number of thioether (sulfide) groups is 1. The van der Waals surface area contributed by atoms with Gasteiger partial charge in [0.25, 0.3) is 0 Å². The second-order valence-electron chi connectivity index (χ2n) is 4.68. The first-order valence-corrected chi connectivity index (χ1v) is 8.93. The first-order chi connectivity index (χ1) is 10.7. The fourth-order valence-corrected chi connectivity index (χ4v) is 3.98. The van der Waals surface area contributed by atoms with Gasteiger partial charge in [0.05, 0.1) is 16.3 Å². The van der Waals surface area contributed by atoms with Crippen molar-refractivity contribution in [3.63, 3.8) is 0 Å². The van der Waals surface area contributed by atoms with Crippen molar-refractivity contribution < 1.29 is 9.84 Å². The number of aromatic nitrogens is 1. The first-order valence-electron chi connectivity index (χ1n) is 6.75. The number of rotatable bonds is 6. The molecule has 0 amide bonds. The maximum absolute atomic E-state index is 10.0. The Bertz CT molecular complexity index is 712. The van der Waals surface area contributed by atoms with Gasteiger partial charge >= 0.3 is 0 Å². The molecule has 0 saturated carbocycles. The Hall–Kier alpha value is -1.27. The van der Waals surface area contributed by atoms with Crippen molar-refractivity contribution >= 4 is 44.9 Å². The summed E-state index contributed by atoms with van der Waals surface area (Å²) in [5, 5.41) is 10.7. The topological polar surface area (TPSA) is 42.4 Å². The third-order valence-corrected chi connectivity index (χ3v) is 5.51. The van der Waals surface area contributed by atoms with E-state index in [-0.39, 0.29) is 6.61 Å². The molecular weight excluding hydrogens is 338 g/mol. The van der Waals surface area contributed by atoms with Crippen LogP contribution in [-0.4, -0.2) is 28.6 Å². The lowest BCUT2D eigenvalue weighted by Crippen LogP contribution is -2.19. The highest BCUT2D eigenvalue weighted by molar-refractivity contribution is 8.01. The van der Waals surface area contributed by atoms with Gasteiger partial charge in [0.1, 0.15) is 12.4 Å². The van der Waals surface area contributed by atoms with E-state index in [1.807, 2.05) is 18.2 Å². The number of fused-ring (bicyclic) bond motifs is 1. The molecule has 0 spiro atoms. The molecule has 6 heteroatoms. The number of halogens is 1. The monoisotopic (exact) mass is 351 g/mol. The molecule has 0 aliphatic rings. The summed E-state index contributed by atoms with van der Waals surface area (Å²) in [6.07, 6.45) is -0.548. The van der Waals surface area contributed by atoms with E-state index >= 15 is 0 Å². The van der Waals surface area contributed by atoms with Crippen LogP contribution in [0.2, 0.25) is 5.02 Å². The molecule has 22 heavy (non-hydrogen) atoms. The molecule has 0 radical (unpaired) electrons. The van der Waals surface area contributed by atoms with Crippen LogP contribution in [0.5, 0.6) is 5.75 Å². The van der Waals surface area contributed by atoms with Crippen LogP contribution >= 0.6 is 34.7 Å². The van der Waals surface area contributed by atoms with Crippen LogP contribution in [-0.2, 0) is 0 Å². The van der Waals surface area contributed by atoms with Crippen LogP contribution in [0, 0.1) is 0 Å². The Kier molecular flexibility index (Phi) is 5.20. The highest BCUT2D eigenvalue weighted by Gasteiger charge is 2.09. The summed E-state index contributed by atoms with van der Waals surface area (Å²) in [4.78, 5) is 4.53. The Morgan fingerprint density at radius 2 is 1.95 bits per heavy atom. The Morgan fingerprint density at radius 3 is 2.73 bits per heavy atom. The highest BCUT2D eigenvalue weighted by atomic mass is 35.5. The van der Waals surface area contributed by atoms with E-state index in [0.29, 0.717) is 16.5 Å². The average molecular weight is 352 g/mol. The predicted octanol–water partition coefficient (Wildman–Crippen LogP) is 4.48. The number of benzene rings is 2. The fourth-order valence-electron chi connectivity index (χ4n) is 1.85. The van der Waals surface area contributed by atoms with Gasteiger partial charge in [-0.05, 0) is 36.4 Å². The average Bonchev–Trinajstić information content (AvgIpc) is 2.95. The highest BCUT2D eigenvalue weighted by Crippen LogP contribution is 2.29. The second-order valence-corrected chi connectivity index (χ2v) is 7.41. The van der Waals surface area contributed by atoms with E-state index in [4.69, 9.17) is 16.3 Å². The fraction of sp³-hybridized carbons (Fsp3) is 0.188. The van der Waals surface area contributed by atoms with Crippen molar-refractivity contribution in [3.05, 3.63) is 53.6 Å². The maximum atomic E-state index is 10.0. The molecule has 0 fully saturated rings. The quantitative estimate of drug-likeness (QED) is 0.665. The minimum atomic E-state index is -0.548. The van der Waals surface area contributed by atoms with Crippen LogP contribution in [0.25, 0.3) is 10.2 Å². The minimum absolute atomic E-state index is 0.250. The molecule has 0 saturated heterocycles. The smallest absolute Gasteiger partial charge is 0.151 e. The molecule has 2 aromatic carbocycles. The molecule has 0 aliphatic carbocycles. The van der Waals surface area contributed by atoms with E-state index in [0.717, 1.165) is 14.6 Å². The molecule has 3 nitrogen and oxygen atoms in total. The molecule has 114 valence electrons. The van der Waals surface area contributed by atoms with Crippen molar-refractivity contribution in [1.29, 1.82) is 0 Å². The van der Waals surface area contributed by atoms with Crippen molar-refractivity contribution in [2.24, 2.45) is 0 Å². The molecule has 3 aromatic rings. The maximum Gasteiger partial charge on any atom is 0.151 e. The predicted molar refractivity (Wildman–Crippen MR) is 93.3 cm³/mol. The first kappa shape index (κ1) is 15.6. The lowest BCUT2D eigenvalue weighted by Gasteiger charge is -2.11. The second kappa shape index (κ2) is 7.33. The van der Waals surface area contributed by atoms with Gasteiger partial charge < -0.3 is 9.84 Å². The molecule has 1 aromatic heterocycles. The molecule has 3 rings (SSSR count).